The number of likely N-dealkylation sites (tertiary alicyclic amines) is 2. The number of fused-ring (bicyclic) bond motifs is 3. The second-order valence-corrected chi connectivity index (χ2v) is 16.3. The lowest BCUT2D eigenvalue weighted by molar-refractivity contribution is -0.135. The van der Waals surface area contributed by atoms with E-state index in [2.05, 4.69) is 15.6 Å². The van der Waals surface area contributed by atoms with Crippen molar-refractivity contribution in [2.75, 3.05) is 13.1 Å². The zero-order chi connectivity index (χ0) is 40.2. The molecule has 2 aromatic heterocycles. The van der Waals surface area contributed by atoms with E-state index >= 15 is 4.39 Å². The van der Waals surface area contributed by atoms with Gasteiger partial charge < -0.3 is 39.8 Å². The van der Waals surface area contributed by atoms with Crippen molar-refractivity contribution in [2.45, 2.75) is 109 Å². The van der Waals surface area contributed by atoms with Crippen molar-refractivity contribution in [1.29, 1.82) is 0 Å². The van der Waals surface area contributed by atoms with Crippen LogP contribution in [0.2, 0.25) is 0 Å². The van der Waals surface area contributed by atoms with Crippen molar-refractivity contribution in [2.24, 2.45) is 11.8 Å². The predicted molar refractivity (Wildman–Crippen MR) is 201 cm³/mol. The number of rotatable bonds is 11. The summed E-state index contributed by atoms with van der Waals surface area (Å²) in [6, 6.07) is 5.69. The van der Waals surface area contributed by atoms with Gasteiger partial charge in [0, 0.05) is 42.5 Å². The first-order valence-corrected chi connectivity index (χ1v) is 19.2. The highest BCUT2D eigenvalue weighted by Gasteiger charge is 2.55. The Morgan fingerprint density at radius 1 is 0.964 bits per heavy atom. The fourth-order valence-corrected chi connectivity index (χ4v) is 8.59. The number of carboxylic acid groups (broad SMARTS) is 1. The number of hydrogen-bond acceptors (Lipinski definition) is 6. The Kier molecular flexibility index (Phi) is 10.4. The smallest absolute Gasteiger partial charge is 0.408 e. The van der Waals surface area contributed by atoms with Crippen molar-refractivity contribution in [3.63, 3.8) is 0 Å². The number of aromatic amines is 1. The van der Waals surface area contributed by atoms with Gasteiger partial charge in [-0.3, -0.25) is 9.59 Å². The standard InChI is InChI=1S/C40H48F3N7O6/c1-6-28(46-38(53)54)37(52)50-17-20-12-26(20)33(50)19-49-32-11-9-22(42)15-31(32)45-35(49)34-27(25-10-8-21(41)14-30(25)44-34)16-24-13-23(43)18-48(24)36(51)29(7-2)47-39(55)56-40(3,4)5/h8-11,14-15,20,23-24,26,28-29,33,44,46H,6-7,12-13,16-19H2,1-5H3,(H,47,55)(H,53,54)/t20-,23-,24-,26-,28?,29?,33+/m0/s1. The van der Waals surface area contributed by atoms with E-state index in [1.807, 2.05) is 4.57 Å². The van der Waals surface area contributed by atoms with Crippen molar-refractivity contribution in [3.8, 4) is 11.5 Å². The minimum absolute atomic E-state index is 0.0226. The van der Waals surface area contributed by atoms with Gasteiger partial charge in [-0.2, -0.15) is 0 Å². The summed E-state index contributed by atoms with van der Waals surface area (Å²) in [5.74, 6) is -0.940. The van der Waals surface area contributed by atoms with E-state index in [9.17, 15) is 33.1 Å². The maximum Gasteiger partial charge on any atom is 0.408 e. The number of ether oxygens (including phenoxy) is 1. The molecule has 56 heavy (non-hydrogen) atoms. The van der Waals surface area contributed by atoms with Crippen LogP contribution in [0.5, 0.6) is 0 Å². The van der Waals surface area contributed by atoms with E-state index in [0.717, 1.165) is 6.42 Å². The molecule has 4 amide bonds. The van der Waals surface area contributed by atoms with Crippen molar-refractivity contribution >= 4 is 45.9 Å². The molecule has 0 bridgehead atoms. The van der Waals surface area contributed by atoms with Crippen LogP contribution >= 0.6 is 0 Å². The lowest BCUT2D eigenvalue weighted by Gasteiger charge is -2.31. The maximum absolute atomic E-state index is 15.3. The number of H-pyrrole nitrogens is 1. The van der Waals surface area contributed by atoms with Crippen LogP contribution < -0.4 is 10.6 Å². The van der Waals surface area contributed by atoms with Gasteiger partial charge in [0.2, 0.25) is 11.8 Å². The molecule has 300 valence electrons. The average Bonchev–Trinajstić information content (AvgIpc) is 3.35. The number of nitrogens with one attached hydrogen (secondary N) is 3. The van der Waals surface area contributed by atoms with Gasteiger partial charge in [0.15, 0.2) is 5.82 Å². The molecule has 3 fully saturated rings. The molecule has 7 rings (SSSR count). The number of piperidine rings is 1. The van der Waals surface area contributed by atoms with E-state index < -0.39 is 59.6 Å². The molecule has 2 unspecified atom stereocenters. The van der Waals surface area contributed by atoms with Gasteiger partial charge in [-0.25, -0.2) is 27.7 Å². The Hall–Kier alpha value is -5.28. The highest BCUT2D eigenvalue weighted by molar-refractivity contribution is 5.92. The minimum atomic E-state index is -1.33. The van der Waals surface area contributed by atoms with E-state index in [-0.39, 0.29) is 62.6 Å². The summed E-state index contributed by atoms with van der Waals surface area (Å²) in [6.07, 6.45) is -1.79. The molecule has 1 aliphatic carbocycles. The Labute approximate surface area is 321 Å². The molecule has 4 aromatic rings. The lowest BCUT2D eigenvalue weighted by Crippen LogP contribution is -2.51. The third-order valence-electron chi connectivity index (χ3n) is 11.2. The van der Waals surface area contributed by atoms with Gasteiger partial charge in [0.05, 0.1) is 29.3 Å². The highest BCUT2D eigenvalue weighted by Crippen LogP contribution is 2.51. The Bertz CT molecular complexity index is 2180. The summed E-state index contributed by atoms with van der Waals surface area (Å²) in [4.78, 5) is 63.3. The summed E-state index contributed by atoms with van der Waals surface area (Å²) < 4.78 is 52.1. The second kappa shape index (κ2) is 15.0. The van der Waals surface area contributed by atoms with Crippen molar-refractivity contribution in [3.05, 3.63) is 53.6 Å². The van der Waals surface area contributed by atoms with E-state index in [4.69, 9.17) is 9.72 Å². The number of halogens is 3. The topological polar surface area (TPSA) is 162 Å². The lowest BCUT2D eigenvalue weighted by atomic mass is 9.99. The van der Waals surface area contributed by atoms with Crippen LogP contribution in [0.4, 0.5) is 22.8 Å². The number of benzene rings is 2. The summed E-state index contributed by atoms with van der Waals surface area (Å²) >= 11 is 0. The number of carbonyl (C=O) groups excluding carboxylic acids is 3. The van der Waals surface area contributed by atoms with Crippen molar-refractivity contribution in [1.82, 2.24) is 35.0 Å². The van der Waals surface area contributed by atoms with Gasteiger partial charge in [0.25, 0.3) is 0 Å². The number of imidazole rings is 1. The summed E-state index contributed by atoms with van der Waals surface area (Å²) in [5, 5.41) is 15.0. The molecule has 2 saturated heterocycles. The first-order valence-electron chi connectivity index (χ1n) is 19.2. The summed E-state index contributed by atoms with van der Waals surface area (Å²) in [7, 11) is 0. The van der Waals surface area contributed by atoms with E-state index in [1.165, 1.54) is 29.2 Å². The first-order chi connectivity index (χ1) is 26.5. The van der Waals surface area contributed by atoms with Gasteiger partial charge in [-0.15, -0.1) is 0 Å². The summed E-state index contributed by atoms with van der Waals surface area (Å²) in [6.45, 7) is 9.18. The van der Waals surface area contributed by atoms with Crippen LogP contribution in [0.1, 0.15) is 65.9 Å². The molecule has 16 heteroatoms. The normalized spacial score (nSPS) is 23.0. The highest BCUT2D eigenvalue weighted by atomic mass is 19.1. The first kappa shape index (κ1) is 39.0. The van der Waals surface area contributed by atoms with Crippen LogP contribution in [-0.2, 0) is 27.3 Å². The van der Waals surface area contributed by atoms with Crippen LogP contribution in [0.25, 0.3) is 33.5 Å². The molecule has 2 aliphatic heterocycles. The third-order valence-corrected chi connectivity index (χ3v) is 11.2. The number of alkyl halides is 1. The molecule has 7 atom stereocenters. The fraction of sp³-hybridized carbons (Fsp3) is 0.525. The molecule has 1 saturated carbocycles. The monoisotopic (exact) mass is 779 g/mol. The zero-order valence-corrected chi connectivity index (χ0v) is 32.1. The fourth-order valence-electron chi connectivity index (χ4n) is 8.59. The largest absolute Gasteiger partial charge is 0.465 e. The van der Waals surface area contributed by atoms with E-state index in [0.29, 0.717) is 45.6 Å². The molecule has 13 nitrogen and oxygen atoms in total. The number of carbonyl (C=O) groups is 4. The van der Waals surface area contributed by atoms with Crippen LogP contribution in [0.3, 0.4) is 0 Å². The number of aromatic nitrogens is 3. The molecule has 4 heterocycles. The third kappa shape index (κ3) is 7.74. The number of alkyl carbamates (subject to hydrolysis) is 1. The van der Waals surface area contributed by atoms with Crippen molar-refractivity contribution < 1.29 is 42.2 Å². The SMILES string of the molecule is CCC(NC(=O)OC(C)(C)C)C(=O)N1C[C@@H](F)C[C@H]1Cc1c(-c2nc3cc(F)ccc3n2C[C@@H]2[C@H]3C[C@H]3CN2C(=O)C(CC)NC(=O)O)[nH]c2cc(F)ccc12. The van der Waals surface area contributed by atoms with Gasteiger partial charge in [-0.1, -0.05) is 13.8 Å². The predicted octanol–water partition coefficient (Wildman–Crippen LogP) is 6.14. The Balaban J connectivity index is 1.27. The Morgan fingerprint density at radius 3 is 2.34 bits per heavy atom. The molecule has 0 spiro atoms. The number of hydrogen-bond donors (Lipinski definition) is 4. The number of nitrogens with zero attached hydrogens (tertiary/aromatic N) is 4. The summed E-state index contributed by atoms with van der Waals surface area (Å²) in [5.41, 5.74) is 1.69. The molecule has 3 aliphatic rings. The molecule has 4 N–H and O–H groups in total. The van der Waals surface area contributed by atoms with E-state index in [1.54, 1.807) is 51.7 Å². The quantitative estimate of drug-likeness (QED) is 0.142. The van der Waals surface area contributed by atoms with Crippen LogP contribution in [-0.4, -0.2) is 102 Å². The Morgan fingerprint density at radius 2 is 1.64 bits per heavy atom. The average molecular weight is 780 g/mol. The molecule has 2 aromatic carbocycles. The minimum Gasteiger partial charge on any atom is -0.465 e. The van der Waals surface area contributed by atoms with Gasteiger partial charge >= 0.3 is 12.2 Å². The molecular weight excluding hydrogens is 731 g/mol. The maximum atomic E-state index is 15.3. The zero-order valence-electron chi connectivity index (χ0n) is 32.1. The van der Waals surface area contributed by atoms with Crippen LogP contribution in [0.15, 0.2) is 36.4 Å². The van der Waals surface area contributed by atoms with Gasteiger partial charge in [-0.05, 0) is 94.2 Å². The molecular formula is C40H48F3N7O6. The van der Waals surface area contributed by atoms with Gasteiger partial charge in [0.1, 0.15) is 35.5 Å². The molecule has 0 radical (unpaired) electrons. The van der Waals surface area contributed by atoms with Crippen LogP contribution in [0, 0.1) is 23.5 Å². The number of amides is 4. The second-order valence-electron chi connectivity index (χ2n) is 16.3.